The molecular formula is C10H11FO5S. The maximum atomic E-state index is 12.2. The van der Waals surface area contributed by atoms with Crippen molar-refractivity contribution in [2.24, 2.45) is 0 Å². The maximum Gasteiger partial charge on any atom is 0.438 e. The minimum atomic E-state index is -5.25. The average molecular weight is 262 g/mol. The molecule has 1 N–H and O–H groups in total. The van der Waals surface area contributed by atoms with E-state index in [1.807, 2.05) is 0 Å². The normalized spacial score (nSPS) is 13.2. The lowest BCUT2D eigenvalue weighted by Gasteiger charge is -2.09. The molecule has 0 unspecified atom stereocenters. The Kier molecular flexibility index (Phi) is 4.59. The highest BCUT2D eigenvalue weighted by molar-refractivity contribution is 7.81. The molecule has 0 bridgehead atoms. The second-order valence-electron chi connectivity index (χ2n) is 3.34. The van der Waals surface area contributed by atoms with E-state index in [1.165, 1.54) is 0 Å². The lowest BCUT2D eigenvalue weighted by atomic mass is 10.1. The minimum Gasteiger partial charge on any atom is -0.479 e. The highest BCUT2D eigenvalue weighted by atomic mass is 32.3. The van der Waals surface area contributed by atoms with E-state index in [0.29, 0.717) is 0 Å². The van der Waals surface area contributed by atoms with Gasteiger partial charge in [-0.25, -0.2) is 8.98 Å². The fourth-order valence-electron chi connectivity index (χ4n) is 1.29. The largest absolute Gasteiger partial charge is 0.479 e. The van der Waals surface area contributed by atoms with Gasteiger partial charge in [0.25, 0.3) is 0 Å². The number of benzene rings is 1. The first-order valence-corrected chi connectivity index (χ1v) is 6.09. The van der Waals surface area contributed by atoms with Gasteiger partial charge >= 0.3 is 16.5 Å². The topological polar surface area (TPSA) is 80.7 Å². The molecule has 1 aromatic carbocycles. The Balaban J connectivity index is 2.60. The molecule has 0 saturated carbocycles. The Morgan fingerprint density at radius 3 is 2.41 bits per heavy atom. The molecule has 17 heavy (non-hydrogen) atoms. The van der Waals surface area contributed by atoms with Crippen molar-refractivity contribution < 1.29 is 26.4 Å². The van der Waals surface area contributed by atoms with Gasteiger partial charge in [-0.05, 0) is 18.4 Å². The van der Waals surface area contributed by atoms with Crippen LogP contribution in [-0.2, 0) is 25.9 Å². The number of aliphatic carboxylic acids is 1. The van der Waals surface area contributed by atoms with Gasteiger partial charge in [-0.1, -0.05) is 34.2 Å². The van der Waals surface area contributed by atoms with Gasteiger partial charge in [0, 0.05) is 0 Å². The summed E-state index contributed by atoms with van der Waals surface area (Å²) in [6, 6.07) is 8.82. The lowest BCUT2D eigenvalue weighted by Crippen LogP contribution is -2.26. The Bertz CT molecular complexity index is 471. The molecule has 5 nitrogen and oxygen atoms in total. The summed E-state index contributed by atoms with van der Waals surface area (Å²) in [5.41, 5.74) is 0.818. The maximum absolute atomic E-state index is 12.2. The first kappa shape index (κ1) is 13.6. The van der Waals surface area contributed by atoms with Crippen LogP contribution in [0, 0.1) is 0 Å². The van der Waals surface area contributed by atoms with Crippen LogP contribution >= 0.6 is 0 Å². The molecule has 1 rings (SSSR count). The van der Waals surface area contributed by atoms with Crippen molar-refractivity contribution in [2.45, 2.75) is 18.9 Å². The van der Waals surface area contributed by atoms with Crippen LogP contribution in [0.4, 0.5) is 3.89 Å². The Morgan fingerprint density at radius 2 is 1.94 bits per heavy atom. The number of carboxylic acids is 1. The first-order chi connectivity index (χ1) is 7.88. The molecule has 0 aromatic heterocycles. The number of rotatable bonds is 6. The highest BCUT2D eigenvalue weighted by Gasteiger charge is 2.25. The van der Waals surface area contributed by atoms with Crippen LogP contribution in [0.1, 0.15) is 12.0 Å². The Labute approximate surface area is 98.3 Å². The number of halogens is 1. The highest BCUT2D eigenvalue weighted by Crippen LogP contribution is 2.11. The van der Waals surface area contributed by atoms with Gasteiger partial charge in [-0.3, -0.25) is 0 Å². The molecule has 0 aliphatic carbocycles. The third-order valence-electron chi connectivity index (χ3n) is 2.04. The summed E-state index contributed by atoms with van der Waals surface area (Å²) >= 11 is 0. The van der Waals surface area contributed by atoms with Gasteiger partial charge in [0.1, 0.15) is 0 Å². The summed E-state index contributed by atoms with van der Waals surface area (Å²) < 4.78 is 36.4. The lowest BCUT2D eigenvalue weighted by molar-refractivity contribution is -0.145. The number of carbonyl (C=O) groups is 1. The van der Waals surface area contributed by atoms with Gasteiger partial charge in [0.15, 0.2) is 6.10 Å². The summed E-state index contributed by atoms with van der Waals surface area (Å²) in [5.74, 6) is -1.51. The zero-order valence-electron chi connectivity index (χ0n) is 8.74. The van der Waals surface area contributed by atoms with E-state index in [4.69, 9.17) is 5.11 Å². The Hall–Kier alpha value is -1.47. The van der Waals surface area contributed by atoms with Crippen molar-refractivity contribution in [3.8, 4) is 0 Å². The van der Waals surface area contributed by atoms with E-state index >= 15 is 0 Å². The third kappa shape index (κ3) is 5.41. The quantitative estimate of drug-likeness (QED) is 0.781. The summed E-state index contributed by atoms with van der Waals surface area (Å²) in [4.78, 5) is 10.6. The first-order valence-electron chi connectivity index (χ1n) is 4.78. The zero-order valence-corrected chi connectivity index (χ0v) is 9.56. The molecule has 0 heterocycles. The summed E-state index contributed by atoms with van der Waals surface area (Å²) in [5, 5.41) is 8.66. The van der Waals surface area contributed by atoms with Crippen molar-refractivity contribution in [3.63, 3.8) is 0 Å². The summed E-state index contributed by atoms with van der Waals surface area (Å²) in [6.07, 6.45) is -1.54. The molecular weight excluding hydrogens is 251 g/mol. The van der Waals surface area contributed by atoms with Crippen molar-refractivity contribution in [2.75, 3.05) is 0 Å². The van der Waals surface area contributed by atoms with Crippen molar-refractivity contribution in [1.82, 2.24) is 0 Å². The molecule has 94 valence electrons. The Morgan fingerprint density at radius 1 is 1.35 bits per heavy atom. The van der Waals surface area contributed by atoms with Gasteiger partial charge in [0.2, 0.25) is 0 Å². The fraction of sp³-hybridized carbons (Fsp3) is 0.300. The zero-order chi connectivity index (χ0) is 12.9. The molecule has 1 atom stereocenters. The van der Waals surface area contributed by atoms with E-state index in [2.05, 4.69) is 4.18 Å². The number of aryl methyl sites for hydroxylation is 1. The van der Waals surface area contributed by atoms with Crippen molar-refractivity contribution >= 4 is 16.5 Å². The van der Waals surface area contributed by atoms with Crippen LogP contribution < -0.4 is 0 Å². The van der Waals surface area contributed by atoms with E-state index in [0.717, 1.165) is 5.56 Å². The number of carboxylic acid groups (broad SMARTS) is 1. The predicted molar refractivity (Wildman–Crippen MR) is 57.3 cm³/mol. The fourth-order valence-corrected chi connectivity index (χ4v) is 1.75. The third-order valence-corrected chi connectivity index (χ3v) is 2.51. The summed E-state index contributed by atoms with van der Waals surface area (Å²) in [7, 11) is -5.25. The summed E-state index contributed by atoms with van der Waals surface area (Å²) in [6.45, 7) is 0. The van der Waals surface area contributed by atoms with Gasteiger partial charge in [-0.2, -0.15) is 8.42 Å². The number of hydrogen-bond acceptors (Lipinski definition) is 4. The molecule has 0 spiro atoms. The SMILES string of the molecule is O=C(O)[C@@H](CCc1ccccc1)OS(=O)(=O)F. The van der Waals surface area contributed by atoms with Gasteiger partial charge in [-0.15, -0.1) is 0 Å². The van der Waals surface area contributed by atoms with Crippen LogP contribution in [-0.4, -0.2) is 25.6 Å². The molecule has 0 saturated heterocycles. The van der Waals surface area contributed by atoms with Gasteiger partial charge < -0.3 is 5.11 Å². The second-order valence-corrected chi connectivity index (χ2v) is 4.32. The van der Waals surface area contributed by atoms with Gasteiger partial charge in [0.05, 0.1) is 0 Å². The van der Waals surface area contributed by atoms with Crippen LogP contribution in [0.2, 0.25) is 0 Å². The second kappa shape index (κ2) is 5.74. The van der Waals surface area contributed by atoms with Crippen molar-refractivity contribution in [3.05, 3.63) is 35.9 Å². The molecule has 0 amide bonds. The molecule has 0 radical (unpaired) electrons. The standard InChI is InChI=1S/C10H11FO5S/c11-17(14,15)16-9(10(12)13)7-6-8-4-2-1-3-5-8/h1-5,9H,6-7H2,(H,12,13)/t9-/m1/s1. The van der Waals surface area contributed by atoms with Crippen LogP contribution in [0.25, 0.3) is 0 Å². The van der Waals surface area contributed by atoms with Crippen molar-refractivity contribution in [1.29, 1.82) is 0 Å². The number of hydrogen-bond donors (Lipinski definition) is 1. The smallest absolute Gasteiger partial charge is 0.438 e. The van der Waals surface area contributed by atoms with E-state index in [1.54, 1.807) is 30.3 Å². The van der Waals surface area contributed by atoms with E-state index < -0.39 is 22.6 Å². The minimum absolute atomic E-state index is 0.123. The van der Waals surface area contributed by atoms with E-state index in [-0.39, 0.29) is 12.8 Å². The van der Waals surface area contributed by atoms with E-state index in [9.17, 15) is 17.1 Å². The van der Waals surface area contributed by atoms with Crippen LogP contribution in [0.5, 0.6) is 0 Å². The molecule has 7 heteroatoms. The van der Waals surface area contributed by atoms with Crippen LogP contribution in [0.15, 0.2) is 30.3 Å². The molecule has 0 fully saturated rings. The molecule has 0 aliphatic rings. The molecule has 0 aliphatic heterocycles. The van der Waals surface area contributed by atoms with Crippen LogP contribution in [0.3, 0.4) is 0 Å². The monoisotopic (exact) mass is 262 g/mol. The predicted octanol–water partition coefficient (Wildman–Crippen LogP) is 1.30. The molecule has 1 aromatic rings. The average Bonchev–Trinajstić information content (AvgIpc) is 2.24.